The molecule has 0 bridgehead atoms. The second-order valence-corrected chi connectivity index (χ2v) is 6.78. The van der Waals surface area contributed by atoms with E-state index in [-0.39, 0.29) is 11.6 Å². The largest absolute Gasteiger partial charge is 0.379 e. The van der Waals surface area contributed by atoms with E-state index in [1.54, 1.807) is 10.9 Å². The Morgan fingerprint density at radius 2 is 2.17 bits per heavy atom. The van der Waals surface area contributed by atoms with E-state index in [4.69, 9.17) is 4.74 Å². The van der Waals surface area contributed by atoms with E-state index in [0.717, 1.165) is 42.0 Å². The summed E-state index contributed by atoms with van der Waals surface area (Å²) in [6.45, 7) is 7.30. The first-order chi connectivity index (χ1) is 11.5. The fourth-order valence-electron chi connectivity index (χ4n) is 2.95. The van der Waals surface area contributed by atoms with E-state index in [1.807, 2.05) is 45.2 Å². The van der Waals surface area contributed by atoms with Crippen molar-refractivity contribution in [1.82, 2.24) is 15.1 Å². The lowest BCUT2D eigenvalue weighted by Gasteiger charge is -2.34. The van der Waals surface area contributed by atoms with Gasteiger partial charge in [0.25, 0.3) is 0 Å². The van der Waals surface area contributed by atoms with Gasteiger partial charge in [-0.15, -0.1) is 0 Å². The second-order valence-electron chi connectivity index (χ2n) is 6.78. The molecular formula is C18H24N4O2. The molecule has 2 amide bonds. The van der Waals surface area contributed by atoms with Crippen LogP contribution in [0.4, 0.5) is 10.5 Å². The Bertz CT molecular complexity index is 732. The molecule has 1 aromatic heterocycles. The quantitative estimate of drug-likeness (QED) is 0.909. The number of nitrogens with one attached hydrogen (secondary N) is 2. The number of hydrogen-bond acceptors (Lipinski definition) is 3. The summed E-state index contributed by atoms with van der Waals surface area (Å²) in [5.41, 5.74) is 3.39. The number of aryl methyl sites for hydroxylation is 2. The summed E-state index contributed by atoms with van der Waals surface area (Å²) in [6.07, 6.45) is 5.60. The van der Waals surface area contributed by atoms with Gasteiger partial charge in [0.2, 0.25) is 0 Å². The summed E-state index contributed by atoms with van der Waals surface area (Å²) in [7, 11) is 0. The van der Waals surface area contributed by atoms with Crippen LogP contribution in [-0.2, 0) is 4.74 Å². The standard InChI is InChI=1S/C18H24N4O2/c1-13-5-6-16(22-11-14(2)10-19-22)15(9-13)20-17(23)21-18(3)7-4-8-24-12-18/h5-6,9-11H,4,7-8,12H2,1-3H3,(H2,20,21,23). The van der Waals surface area contributed by atoms with Crippen molar-refractivity contribution in [1.29, 1.82) is 0 Å². The van der Waals surface area contributed by atoms with Crippen LogP contribution in [-0.4, -0.2) is 34.6 Å². The minimum absolute atomic E-state index is 0.223. The maximum absolute atomic E-state index is 12.5. The number of amides is 2. The summed E-state index contributed by atoms with van der Waals surface area (Å²) in [6, 6.07) is 5.69. The fraction of sp³-hybridized carbons (Fsp3) is 0.444. The minimum Gasteiger partial charge on any atom is -0.379 e. The predicted octanol–water partition coefficient (Wildman–Crippen LogP) is 3.18. The van der Waals surface area contributed by atoms with Crippen LogP contribution in [0.15, 0.2) is 30.6 Å². The van der Waals surface area contributed by atoms with Crippen molar-refractivity contribution in [2.75, 3.05) is 18.5 Å². The van der Waals surface area contributed by atoms with Gasteiger partial charge >= 0.3 is 6.03 Å². The van der Waals surface area contributed by atoms with Crippen molar-refractivity contribution in [3.8, 4) is 5.69 Å². The molecule has 6 heteroatoms. The average Bonchev–Trinajstić information content (AvgIpc) is 2.93. The second kappa shape index (κ2) is 6.65. The highest BCUT2D eigenvalue weighted by Gasteiger charge is 2.29. The Labute approximate surface area is 142 Å². The summed E-state index contributed by atoms with van der Waals surface area (Å²) in [4.78, 5) is 12.5. The smallest absolute Gasteiger partial charge is 0.319 e. The molecular weight excluding hydrogens is 304 g/mol. The van der Waals surface area contributed by atoms with Crippen LogP contribution >= 0.6 is 0 Å². The Balaban J connectivity index is 1.79. The van der Waals surface area contributed by atoms with Crippen LogP contribution in [0, 0.1) is 13.8 Å². The third kappa shape index (κ3) is 3.76. The highest BCUT2D eigenvalue weighted by Crippen LogP contribution is 2.23. The van der Waals surface area contributed by atoms with Crippen LogP contribution in [0.2, 0.25) is 0 Å². The van der Waals surface area contributed by atoms with Gasteiger partial charge in [0.05, 0.1) is 29.7 Å². The zero-order valence-electron chi connectivity index (χ0n) is 14.4. The Hall–Kier alpha value is -2.34. The van der Waals surface area contributed by atoms with Gasteiger partial charge in [-0.3, -0.25) is 0 Å². The zero-order chi connectivity index (χ0) is 17.2. The molecule has 1 fully saturated rings. The summed E-state index contributed by atoms with van der Waals surface area (Å²) in [5.74, 6) is 0. The number of benzene rings is 1. The first kappa shape index (κ1) is 16.5. The molecule has 2 aromatic rings. The Morgan fingerprint density at radius 3 is 2.83 bits per heavy atom. The van der Waals surface area contributed by atoms with Crippen LogP contribution in [0.1, 0.15) is 30.9 Å². The number of aromatic nitrogens is 2. The topological polar surface area (TPSA) is 68.2 Å². The molecule has 2 N–H and O–H groups in total. The number of nitrogens with zero attached hydrogens (tertiary/aromatic N) is 2. The van der Waals surface area contributed by atoms with Gasteiger partial charge in [-0.1, -0.05) is 6.07 Å². The number of carbonyl (C=O) groups excluding carboxylic acids is 1. The SMILES string of the molecule is Cc1ccc(-n2cc(C)cn2)c(NC(=O)NC2(C)CCCOC2)c1. The molecule has 0 radical (unpaired) electrons. The van der Waals surface area contributed by atoms with Gasteiger partial charge < -0.3 is 15.4 Å². The molecule has 0 aliphatic carbocycles. The molecule has 3 rings (SSSR count). The van der Waals surface area contributed by atoms with Gasteiger partial charge in [0.1, 0.15) is 0 Å². The number of anilines is 1. The molecule has 1 unspecified atom stereocenters. The summed E-state index contributed by atoms with van der Waals surface area (Å²) >= 11 is 0. The molecule has 2 heterocycles. The van der Waals surface area contributed by atoms with Crippen LogP contribution < -0.4 is 10.6 Å². The lowest BCUT2D eigenvalue weighted by molar-refractivity contribution is 0.0342. The van der Waals surface area contributed by atoms with Gasteiger partial charge in [-0.05, 0) is 56.9 Å². The number of ether oxygens (including phenoxy) is 1. The molecule has 0 spiro atoms. The maximum Gasteiger partial charge on any atom is 0.319 e. The van der Waals surface area contributed by atoms with E-state index in [9.17, 15) is 4.79 Å². The first-order valence-electron chi connectivity index (χ1n) is 8.24. The number of carbonyl (C=O) groups is 1. The Kier molecular flexibility index (Phi) is 4.57. The maximum atomic E-state index is 12.5. The minimum atomic E-state index is -0.325. The molecule has 1 aliphatic heterocycles. The van der Waals surface area contributed by atoms with Gasteiger partial charge in [-0.2, -0.15) is 5.10 Å². The monoisotopic (exact) mass is 328 g/mol. The molecule has 6 nitrogen and oxygen atoms in total. The molecule has 24 heavy (non-hydrogen) atoms. The number of hydrogen-bond donors (Lipinski definition) is 2. The Morgan fingerprint density at radius 1 is 1.33 bits per heavy atom. The zero-order valence-corrected chi connectivity index (χ0v) is 14.4. The third-order valence-electron chi connectivity index (χ3n) is 4.21. The lowest BCUT2D eigenvalue weighted by Crippen LogP contribution is -2.52. The highest BCUT2D eigenvalue weighted by atomic mass is 16.5. The van der Waals surface area contributed by atoms with Crippen molar-refractivity contribution < 1.29 is 9.53 Å². The molecule has 1 aromatic carbocycles. The number of rotatable bonds is 3. The van der Waals surface area contributed by atoms with E-state index < -0.39 is 0 Å². The van der Waals surface area contributed by atoms with Crippen molar-refractivity contribution in [2.24, 2.45) is 0 Å². The first-order valence-corrected chi connectivity index (χ1v) is 8.24. The molecule has 1 atom stereocenters. The van der Waals surface area contributed by atoms with Crippen LogP contribution in [0.3, 0.4) is 0 Å². The van der Waals surface area contributed by atoms with E-state index in [0.29, 0.717) is 6.61 Å². The summed E-state index contributed by atoms with van der Waals surface area (Å²) in [5, 5.41) is 10.3. The van der Waals surface area contributed by atoms with Crippen LogP contribution in [0.25, 0.3) is 5.69 Å². The highest BCUT2D eigenvalue weighted by molar-refractivity contribution is 5.92. The molecule has 0 saturated carbocycles. The fourth-order valence-corrected chi connectivity index (χ4v) is 2.95. The average molecular weight is 328 g/mol. The van der Waals surface area contributed by atoms with Gasteiger partial charge in [-0.25, -0.2) is 9.48 Å². The van der Waals surface area contributed by atoms with E-state index in [2.05, 4.69) is 15.7 Å². The van der Waals surface area contributed by atoms with E-state index >= 15 is 0 Å². The van der Waals surface area contributed by atoms with Crippen molar-refractivity contribution in [3.05, 3.63) is 41.7 Å². The molecule has 1 aliphatic rings. The van der Waals surface area contributed by atoms with Gasteiger partial charge in [0.15, 0.2) is 0 Å². The molecule has 1 saturated heterocycles. The van der Waals surface area contributed by atoms with Crippen LogP contribution in [0.5, 0.6) is 0 Å². The lowest BCUT2D eigenvalue weighted by atomic mass is 9.95. The van der Waals surface area contributed by atoms with Crippen molar-refractivity contribution in [2.45, 2.75) is 39.2 Å². The number of urea groups is 1. The molecule has 128 valence electrons. The predicted molar refractivity (Wildman–Crippen MR) is 93.7 cm³/mol. The van der Waals surface area contributed by atoms with Gasteiger partial charge in [0, 0.05) is 12.8 Å². The van der Waals surface area contributed by atoms with E-state index in [1.165, 1.54) is 0 Å². The summed E-state index contributed by atoms with van der Waals surface area (Å²) < 4.78 is 7.27. The van der Waals surface area contributed by atoms with Crippen molar-refractivity contribution in [3.63, 3.8) is 0 Å². The normalized spacial score (nSPS) is 20.6. The van der Waals surface area contributed by atoms with Crippen molar-refractivity contribution >= 4 is 11.7 Å². The third-order valence-corrected chi connectivity index (χ3v) is 4.21.